The molecule has 0 spiro atoms. The zero-order valence-corrected chi connectivity index (χ0v) is 22.5. The third-order valence-corrected chi connectivity index (χ3v) is 6.41. The van der Waals surface area contributed by atoms with Gasteiger partial charge in [0.2, 0.25) is 11.9 Å². The molecule has 0 saturated heterocycles. The van der Waals surface area contributed by atoms with Crippen LogP contribution in [0.2, 0.25) is 5.02 Å². The van der Waals surface area contributed by atoms with E-state index in [1.165, 1.54) is 28.6 Å². The Labute approximate surface area is 222 Å². The minimum Gasteiger partial charge on any atom is -0.444 e. The molecule has 12 heteroatoms. The van der Waals surface area contributed by atoms with Crippen LogP contribution >= 0.6 is 11.6 Å². The summed E-state index contributed by atoms with van der Waals surface area (Å²) in [6.45, 7) is 8.43. The quantitative estimate of drug-likeness (QED) is 0.427. The summed E-state index contributed by atoms with van der Waals surface area (Å²) in [5.74, 6) is 0.0125. The predicted molar refractivity (Wildman–Crippen MR) is 137 cm³/mol. The highest BCUT2D eigenvalue weighted by Crippen LogP contribution is 2.41. The molecular weight excluding hydrogens is 523 g/mol. The smallest absolute Gasteiger partial charge is 0.419 e. The fourth-order valence-electron chi connectivity index (χ4n) is 4.38. The molecule has 0 aliphatic carbocycles. The maximum Gasteiger partial charge on any atom is 0.419 e. The number of amides is 2. The van der Waals surface area contributed by atoms with Crippen molar-refractivity contribution in [3.05, 3.63) is 58.4 Å². The van der Waals surface area contributed by atoms with Crippen LogP contribution in [0.4, 0.5) is 18.0 Å². The number of halogens is 4. The summed E-state index contributed by atoms with van der Waals surface area (Å²) in [5.41, 5.74) is -1.95. The minimum atomic E-state index is -4.71. The van der Waals surface area contributed by atoms with Crippen molar-refractivity contribution in [3.63, 3.8) is 0 Å². The molecule has 38 heavy (non-hydrogen) atoms. The Morgan fingerprint density at radius 1 is 1.18 bits per heavy atom. The van der Waals surface area contributed by atoms with Crippen molar-refractivity contribution >= 4 is 40.6 Å². The summed E-state index contributed by atoms with van der Waals surface area (Å²) < 4.78 is 48.7. The lowest BCUT2D eigenvalue weighted by atomic mass is 9.87. The number of hydrogen-bond donors (Lipinski definition) is 1. The van der Waals surface area contributed by atoms with Gasteiger partial charge >= 0.3 is 12.3 Å². The number of benzene rings is 2. The van der Waals surface area contributed by atoms with Crippen LogP contribution in [-0.2, 0) is 21.2 Å². The number of nitrogens with zero attached hydrogens (tertiary/aromatic N) is 4. The molecule has 2 aromatic carbocycles. The monoisotopic (exact) mass is 549 g/mol. The molecule has 2 amide bonds. The van der Waals surface area contributed by atoms with Crippen LogP contribution in [0, 0.1) is 6.92 Å². The number of hydrogen-bond acceptors (Lipinski definition) is 5. The number of imidazole rings is 1. The lowest BCUT2D eigenvalue weighted by Gasteiger charge is -2.35. The number of rotatable bonds is 2. The molecule has 3 aromatic rings. The van der Waals surface area contributed by atoms with Gasteiger partial charge in [0.15, 0.2) is 0 Å². The van der Waals surface area contributed by atoms with Crippen LogP contribution in [0.15, 0.2) is 41.4 Å². The molecule has 4 rings (SSSR count). The first-order valence-corrected chi connectivity index (χ1v) is 12.1. The minimum absolute atomic E-state index is 0.00111. The van der Waals surface area contributed by atoms with Gasteiger partial charge in [0, 0.05) is 12.7 Å². The molecule has 0 unspecified atom stereocenters. The summed E-state index contributed by atoms with van der Waals surface area (Å²) in [6.07, 6.45) is -5.52. The van der Waals surface area contributed by atoms with E-state index >= 15 is 0 Å². The average molecular weight is 550 g/mol. The lowest BCUT2D eigenvalue weighted by molar-refractivity contribution is -0.136. The van der Waals surface area contributed by atoms with Crippen LogP contribution in [0.5, 0.6) is 0 Å². The Morgan fingerprint density at radius 2 is 1.87 bits per heavy atom. The van der Waals surface area contributed by atoms with Crippen molar-refractivity contribution < 1.29 is 27.5 Å². The van der Waals surface area contributed by atoms with Crippen molar-refractivity contribution in [2.45, 2.75) is 58.4 Å². The Kier molecular flexibility index (Phi) is 6.71. The van der Waals surface area contributed by atoms with Gasteiger partial charge in [-0.25, -0.2) is 14.8 Å². The molecule has 1 N–H and O–H groups in total. The first-order chi connectivity index (χ1) is 17.5. The van der Waals surface area contributed by atoms with Crippen molar-refractivity contribution in [3.8, 4) is 5.69 Å². The molecule has 0 saturated carbocycles. The number of alkyl carbamates (subject to hydrolysis) is 1. The Bertz CT molecular complexity index is 1480. The molecule has 202 valence electrons. The van der Waals surface area contributed by atoms with Gasteiger partial charge in [-0.1, -0.05) is 23.7 Å². The summed E-state index contributed by atoms with van der Waals surface area (Å²) in [7, 11) is 1.48. The molecule has 0 radical (unpaired) electrons. The molecule has 1 aliphatic heterocycles. The number of carbonyl (C=O) groups is 2. The third kappa shape index (κ3) is 5.20. The lowest BCUT2D eigenvalue weighted by Crippen LogP contribution is -2.52. The van der Waals surface area contributed by atoms with Crippen molar-refractivity contribution in [2.75, 3.05) is 7.05 Å². The van der Waals surface area contributed by atoms with Crippen molar-refractivity contribution in [1.82, 2.24) is 19.8 Å². The maximum absolute atomic E-state index is 14.0. The zero-order chi connectivity index (χ0) is 28.2. The molecule has 0 bridgehead atoms. The standard InChI is InChI=1S/C26H27ClF3N5O3/c1-14-31-18-11-10-17(27)20(26(28,29)30)21(18)35(14)16-9-7-8-15(12-16)25(5)13-19(36)34(6)22(33-25)32-23(37)38-24(2,3)4/h7-12H,13H2,1-6H3,(H,32,33,37)/t25-/m0/s1. The van der Waals surface area contributed by atoms with Gasteiger partial charge in [-0.2, -0.15) is 13.2 Å². The number of aliphatic imine (C=N–C) groups is 1. The molecular formula is C26H27ClF3N5O3. The molecule has 2 heterocycles. The van der Waals surface area contributed by atoms with Gasteiger partial charge in [0.1, 0.15) is 17.0 Å². The van der Waals surface area contributed by atoms with Gasteiger partial charge in [-0.05, 0) is 64.4 Å². The highest BCUT2D eigenvalue weighted by molar-refractivity contribution is 6.32. The topological polar surface area (TPSA) is 88.8 Å². The van der Waals surface area contributed by atoms with E-state index in [-0.39, 0.29) is 29.3 Å². The predicted octanol–water partition coefficient (Wildman–Crippen LogP) is 5.96. The first-order valence-electron chi connectivity index (χ1n) is 11.7. The van der Waals surface area contributed by atoms with E-state index < -0.39 is 34.0 Å². The Balaban J connectivity index is 1.83. The van der Waals surface area contributed by atoms with Gasteiger partial charge in [0.25, 0.3) is 0 Å². The molecule has 1 aromatic heterocycles. The van der Waals surface area contributed by atoms with Gasteiger partial charge < -0.3 is 4.74 Å². The van der Waals surface area contributed by atoms with E-state index in [4.69, 9.17) is 16.3 Å². The number of ether oxygens (including phenoxy) is 1. The van der Waals surface area contributed by atoms with Gasteiger partial charge in [0.05, 0.1) is 28.0 Å². The SMILES string of the molecule is Cc1nc2ccc(Cl)c(C(F)(F)F)c2n1-c1cccc([C@]2(C)CC(=O)N(C)C(NC(=O)OC(C)(C)C)=N2)c1. The Morgan fingerprint density at radius 3 is 2.50 bits per heavy atom. The number of aromatic nitrogens is 2. The van der Waals surface area contributed by atoms with E-state index in [9.17, 15) is 22.8 Å². The van der Waals surface area contributed by atoms with Crippen LogP contribution < -0.4 is 5.32 Å². The van der Waals surface area contributed by atoms with Crippen molar-refractivity contribution in [1.29, 1.82) is 0 Å². The second kappa shape index (κ2) is 9.30. The van der Waals surface area contributed by atoms with Gasteiger partial charge in [-0.15, -0.1) is 0 Å². The van der Waals surface area contributed by atoms with E-state index in [2.05, 4.69) is 15.3 Å². The van der Waals surface area contributed by atoms with Crippen LogP contribution in [-0.4, -0.2) is 45.1 Å². The number of carbonyl (C=O) groups excluding carboxylic acids is 2. The summed E-state index contributed by atoms with van der Waals surface area (Å²) in [6, 6.07) is 9.31. The number of fused-ring (bicyclic) bond motifs is 1. The second-order valence-electron chi connectivity index (χ2n) is 10.3. The number of guanidine groups is 1. The highest BCUT2D eigenvalue weighted by atomic mass is 35.5. The van der Waals surface area contributed by atoms with E-state index in [1.807, 2.05) is 0 Å². The zero-order valence-electron chi connectivity index (χ0n) is 21.7. The van der Waals surface area contributed by atoms with Crippen molar-refractivity contribution in [2.24, 2.45) is 4.99 Å². The number of aryl methyl sites for hydroxylation is 1. The molecule has 8 nitrogen and oxygen atoms in total. The second-order valence-corrected chi connectivity index (χ2v) is 10.7. The Hall–Kier alpha value is -3.60. The number of nitrogens with one attached hydrogen (secondary N) is 1. The summed E-state index contributed by atoms with van der Waals surface area (Å²) in [5, 5.41) is 2.09. The van der Waals surface area contributed by atoms with E-state index in [0.717, 1.165) is 0 Å². The fraction of sp³-hybridized carbons (Fsp3) is 0.385. The molecule has 0 fully saturated rings. The highest BCUT2D eigenvalue weighted by Gasteiger charge is 2.39. The molecule has 1 aliphatic rings. The van der Waals surface area contributed by atoms with Gasteiger partial charge in [-0.3, -0.25) is 19.6 Å². The van der Waals surface area contributed by atoms with E-state index in [1.54, 1.807) is 58.9 Å². The van der Waals surface area contributed by atoms with Crippen LogP contribution in [0.3, 0.4) is 0 Å². The maximum atomic E-state index is 14.0. The largest absolute Gasteiger partial charge is 0.444 e. The fourth-order valence-corrected chi connectivity index (χ4v) is 4.64. The first kappa shape index (κ1) is 27.4. The van der Waals surface area contributed by atoms with Crippen LogP contribution in [0.25, 0.3) is 16.7 Å². The average Bonchev–Trinajstić information content (AvgIpc) is 3.10. The third-order valence-electron chi connectivity index (χ3n) is 6.10. The normalized spacial score (nSPS) is 18.5. The number of alkyl halides is 3. The molecule has 1 atom stereocenters. The van der Waals surface area contributed by atoms with E-state index in [0.29, 0.717) is 17.1 Å². The van der Waals surface area contributed by atoms with Crippen LogP contribution in [0.1, 0.15) is 51.1 Å². The summed E-state index contributed by atoms with van der Waals surface area (Å²) >= 11 is 5.99. The summed E-state index contributed by atoms with van der Waals surface area (Å²) in [4.78, 5) is 35.5.